The van der Waals surface area contributed by atoms with Crippen LogP contribution in [0.5, 0.6) is 5.75 Å². The van der Waals surface area contributed by atoms with E-state index in [1.54, 1.807) is 19.2 Å². The number of amides is 2. The van der Waals surface area contributed by atoms with Gasteiger partial charge in [-0.2, -0.15) is 0 Å². The van der Waals surface area contributed by atoms with Crippen molar-refractivity contribution in [3.63, 3.8) is 0 Å². The minimum Gasteiger partial charge on any atom is -0.497 e. The van der Waals surface area contributed by atoms with Gasteiger partial charge in [0.2, 0.25) is 5.91 Å². The van der Waals surface area contributed by atoms with Gasteiger partial charge >= 0.3 is 0 Å². The molecule has 0 radical (unpaired) electrons. The van der Waals surface area contributed by atoms with E-state index in [2.05, 4.69) is 5.32 Å². The van der Waals surface area contributed by atoms with Gasteiger partial charge in [-0.3, -0.25) is 9.59 Å². The number of carbonyl (C=O) groups excluding carboxylic acids is 2. The zero-order valence-electron chi connectivity index (χ0n) is 14.1. The molecule has 26 heavy (non-hydrogen) atoms. The summed E-state index contributed by atoms with van der Waals surface area (Å²) in [5.74, 6) is -0.485. The van der Waals surface area contributed by atoms with Crippen molar-refractivity contribution < 1.29 is 22.7 Å². The maximum absolute atomic E-state index is 12.4. The number of hydrogen-bond donors (Lipinski definition) is 1. The van der Waals surface area contributed by atoms with Crippen molar-refractivity contribution in [2.45, 2.75) is 11.3 Å². The average Bonchev–Trinajstić information content (AvgIpc) is 2.83. The Morgan fingerprint density at radius 1 is 1.15 bits per heavy atom. The molecular weight excluding hydrogens is 356 g/mol. The van der Waals surface area contributed by atoms with E-state index < -0.39 is 28.4 Å². The standard InChI is InChI=1S/C18H18N2O5S/c1-25-14-6-4-5-13(11-14)9-10-19-17(21)12-20-18(22)15-7-2-3-8-16(15)26(20,23)24/h2-8,11H,9-10,12H2,1H3,(H,19,21). The van der Waals surface area contributed by atoms with E-state index in [0.717, 1.165) is 11.3 Å². The van der Waals surface area contributed by atoms with Gasteiger partial charge in [0.1, 0.15) is 17.2 Å². The van der Waals surface area contributed by atoms with Crippen molar-refractivity contribution in [2.24, 2.45) is 0 Å². The molecule has 1 aliphatic heterocycles. The highest BCUT2D eigenvalue weighted by Crippen LogP contribution is 2.29. The number of sulfonamides is 1. The lowest BCUT2D eigenvalue weighted by molar-refractivity contribution is -0.121. The second kappa shape index (κ2) is 7.17. The average molecular weight is 374 g/mol. The van der Waals surface area contributed by atoms with Gasteiger partial charge in [0, 0.05) is 6.54 Å². The van der Waals surface area contributed by atoms with E-state index in [9.17, 15) is 18.0 Å². The molecule has 0 fully saturated rings. The Hall–Kier alpha value is -2.87. The minimum atomic E-state index is -3.97. The highest BCUT2D eigenvalue weighted by Gasteiger charge is 2.41. The van der Waals surface area contributed by atoms with Crippen LogP contribution in [-0.4, -0.2) is 44.7 Å². The fraction of sp³-hybridized carbons (Fsp3) is 0.222. The Morgan fingerprint density at radius 2 is 1.92 bits per heavy atom. The van der Waals surface area contributed by atoms with Crippen molar-refractivity contribution in [2.75, 3.05) is 20.2 Å². The summed E-state index contributed by atoms with van der Waals surface area (Å²) >= 11 is 0. The fourth-order valence-electron chi connectivity index (χ4n) is 2.75. The van der Waals surface area contributed by atoms with Crippen LogP contribution in [0.2, 0.25) is 0 Å². The monoisotopic (exact) mass is 374 g/mol. The van der Waals surface area contributed by atoms with Crippen LogP contribution in [0.25, 0.3) is 0 Å². The van der Waals surface area contributed by atoms with Crippen LogP contribution in [0.1, 0.15) is 15.9 Å². The van der Waals surface area contributed by atoms with Gasteiger partial charge in [-0.15, -0.1) is 0 Å². The van der Waals surface area contributed by atoms with Crippen molar-refractivity contribution in [3.05, 3.63) is 59.7 Å². The van der Waals surface area contributed by atoms with Crippen LogP contribution in [-0.2, 0) is 21.2 Å². The first-order chi connectivity index (χ1) is 12.4. The lowest BCUT2D eigenvalue weighted by atomic mass is 10.1. The van der Waals surface area contributed by atoms with Gasteiger partial charge in [-0.05, 0) is 36.2 Å². The van der Waals surface area contributed by atoms with E-state index in [4.69, 9.17) is 4.74 Å². The number of methoxy groups -OCH3 is 1. The second-order valence-corrected chi connectivity index (χ2v) is 7.60. The quantitative estimate of drug-likeness (QED) is 0.820. The van der Waals surface area contributed by atoms with E-state index in [-0.39, 0.29) is 10.5 Å². The Kier molecular flexibility index (Phi) is 4.94. The van der Waals surface area contributed by atoms with Crippen LogP contribution in [0.4, 0.5) is 0 Å². The zero-order chi connectivity index (χ0) is 18.7. The molecule has 0 bridgehead atoms. The predicted octanol–water partition coefficient (Wildman–Crippen LogP) is 1.20. The zero-order valence-corrected chi connectivity index (χ0v) is 15.0. The van der Waals surface area contributed by atoms with Gasteiger partial charge < -0.3 is 10.1 Å². The number of hydrogen-bond acceptors (Lipinski definition) is 5. The molecule has 1 heterocycles. The molecule has 2 amide bonds. The van der Waals surface area contributed by atoms with E-state index >= 15 is 0 Å². The topological polar surface area (TPSA) is 92.8 Å². The molecule has 136 valence electrons. The van der Waals surface area contributed by atoms with Gasteiger partial charge in [-0.1, -0.05) is 24.3 Å². The summed E-state index contributed by atoms with van der Waals surface area (Å²) in [5.41, 5.74) is 1.07. The van der Waals surface area contributed by atoms with Gasteiger partial charge in [0.05, 0.1) is 12.7 Å². The Balaban J connectivity index is 1.60. The van der Waals surface area contributed by atoms with Crippen LogP contribution < -0.4 is 10.1 Å². The fourth-order valence-corrected chi connectivity index (χ4v) is 4.27. The highest BCUT2D eigenvalue weighted by molar-refractivity contribution is 7.90. The summed E-state index contributed by atoms with van der Waals surface area (Å²) < 4.78 is 30.6. The lowest BCUT2D eigenvalue weighted by Crippen LogP contribution is -2.40. The van der Waals surface area contributed by atoms with Crippen molar-refractivity contribution in [3.8, 4) is 5.75 Å². The largest absolute Gasteiger partial charge is 0.497 e. The van der Waals surface area contributed by atoms with Gasteiger partial charge in [0.25, 0.3) is 15.9 Å². The summed E-state index contributed by atoms with van der Waals surface area (Å²) in [6, 6.07) is 13.4. The van der Waals surface area contributed by atoms with Gasteiger partial charge in [0.15, 0.2) is 0 Å². The highest BCUT2D eigenvalue weighted by atomic mass is 32.2. The first-order valence-corrected chi connectivity index (χ1v) is 9.43. The Morgan fingerprint density at radius 3 is 2.65 bits per heavy atom. The summed E-state index contributed by atoms with van der Waals surface area (Å²) in [4.78, 5) is 24.3. The molecule has 2 aromatic rings. The van der Waals surface area contributed by atoms with Crippen LogP contribution in [0.15, 0.2) is 53.4 Å². The molecule has 8 heteroatoms. The number of rotatable bonds is 6. The maximum Gasteiger partial charge on any atom is 0.269 e. The molecule has 3 rings (SSSR count). The van der Waals surface area contributed by atoms with Crippen molar-refractivity contribution >= 4 is 21.8 Å². The van der Waals surface area contributed by atoms with Crippen LogP contribution >= 0.6 is 0 Å². The molecule has 2 aromatic carbocycles. The van der Waals surface area contributed by atoms with Crippen LogP contribution in [0.3, 0.4) is 0 Å². The third-order valence-electron chi connectivity index (χ3n) is 4.07. The molecule has 1 N–H and O–H groups in total. The first-order valence-electron chi connectivity index (χ1n) is 7.99. The molecule has 0 aromatic heterocycles. The molecule has 1 aliphatic rings. The molecule has 0 atom stereocenters. The molecular formula is C18H18N2O5S. The number of fused-ring (bicyclic) bond motifs is 1. The molecule has 7 nitrogen and oxygen atoms in total. The van der Waals surface area contributed by atoms with Crippen molar-refractivity contribution in [1.82, 2.24) is 9.62 Å². The molecule has 0 unspecified atom stereocenters. The van der Waals surface area contributed by atoms with Crippen molar-refractivity contribution in [1.29, 1.82) is 0 Å². The summed E-state index contributed by atoms with van der Waals surface area (Å²) in [5, 5.41) is 2.64. The minimum absolute atomic E-state index is 0.0609. The molecule has 0 spiro atoms. The summed E-state index contributed by atoms with van der Waals surface area (Å²) in [7, 11) is -2.39. The smallest absolute Gasteiger partial charge is 0.269 e. The van der Waals surface area contributed by atoms with Crippen LogP contribution in [0, 0.1) is 0 Å². The third kappa shape index (κ3) is 3.41. The number of nitrogens with zero attached hydrogens (tertiary/aromatic N) is 1. The number of nitrogens with one attached hydrogen (secondary N) is 1. The normalized spacial score (nSPS) is 14.8. The SMILES string of the molecule is COc1cccc(CCNC(=O)CN2C(=O)c3ccccc3S2(=O)=O)c1. The van der Waals surface area contributed by atoms with E-state index in [0.29, 0.717) is 17.3 Å². The van der Waals surface area contributed by atoms with Gasteiger partial charge in [-0.25, -0.2) is 12.7 Å². The first kappa shape index (κ1) is 17.9. The number of ether oxygens (including phenoxy) is 1. The number of benzene rings is 2. The molecule has 0 saturated heterocycles. The molecule has 0 saturated carbocycles. The summed E-state index contributed by atoms with van der Waals surface area (Å²) in [6.45, 7) is -0.213. The third-order valence-corrected chi connectivity index (χ3v) is 5.86. The predicted molar refractivity (Wildman–Crippen MR) is 94.4 cm³/mol. The Bertz CT molecular complexity index is 956. The number of carbonyl (C=O) groups is 2. The molecule has 0 aliphatic carbocycles. The maximum atomic E-state index is 12.4. The second-order valence-electron chi connectivity index (χ2n) is 5.76. The summed E-state index contributed by atoms with van der Waals surface area (Å²) in [6.07, 6.45) is 0.559. The van der Waals surface area contributed by atoms with E-state index in [1.165, 1.54) is 12.1 Å². The lowest BCUT2D eigenvalue weighted by Gasteiger charge is -2.14. The van der Waals surface area contributed by atoms with E-state index in [1.807, 2.05) is 24.3 Å². The Labute approximate surface area is 151 Å².